The number of aliphatic carboxylic acids is 1. The van der Waals surface area contributed by atoms with Crippen LogP contribution in [0.1, 0.15) is 46.7 Å². The highest BCUT2D eigenvalue weighted by atomic mass is 35.5. The van der Waals surface area contributed by atoms with Gasteiger partial charge in [0.05, 0.1) is 15.6 Å². The number of aryl methyl sites for hydroxylation is 2. The van der Waals surface area contributed by atoms with Gasteiger partial charge in [0.1, 0.15) is 11.3 Å². The van der Waals surface area contributed by atoms with Gasteiger partial charge in [-0.15, -0.1) is 0 Å². The van der Waals surface area contributed by atoms with Crippen molar-refractivity contribution < 1.29 is 23.6 Å². The van der Waals surface area contributed by atoms with Crippen LogP contribution in [0.15, 0.2) is 47.1 Å². The van der Waals surface area contributed by atoms with Gasteiger partial charge in [-0.1, -0.05) is 40.5 Å². The van der Waals surface area contributed by atoms with Crippen LogP contribution in [0.3, 0.4) is 0 Å². The standard InChI is InChI=1S/C26H21Cl2FN2O4/c1-13-10-16(27)21(17(28)11-13)23-22(24(35-30-23)26(3,4)29)25(34)31-12-14(2)20-15(8-9-19(32)33)6-5-7-18(20)31/h5-12H,1-4H3,(H,32,33)/b9-8+. The molecule has 0 saturated carbocycles. The molecule has 0 fully saturated rings. The van der Waals surface area contributed by atoms with Gasteiger partial charge in [-0.05, 0) is 68.7 Å². The molecule has 6 nitrogen and oxygen atoms in total. The summed E-state index contributed by atoms with van der Waals surface area (Å²) in [5.41, 5.74) is 0.823. The van der Waals surface area contributed by atoms with Crippen molar-refractivity contribution in [3.05, 3.63) is 80.7 Å². The maximum atomic E-state index is 15.2. The van der Waals surface area contributed by atoms with Crippen molar-refractivity contribution in [3.8, 4) is 11.3 Å². The van der Waals surface area contributed by atoms with Crippen LogP contribution < -0.4 is 0 Å². The first-order chi connectivity index (χ1) is 16.4. The summed E-state index contributed by atoms with van der Waals surface area (Å²) in [6, 6.07) is 8.51. The van der Waals surface area contributed by atoms with E-state index < -0.39 is 17.5 Å². The lowest BCUT2D eigenvalue weighted by Gasteiger charge is -2.14. The van der Waals surface area contributed by atoms with E-state index in [1.807, 2.05) is 6.92 Å². The van der Waals surface area contributed by atoms with Gasteiger partial charge in [0, 0.05) is 23.2 Å². The van der Waals surface area contributed by atoms with E-state index in [9.17, 15) is 9.59 Å². The Bertz CT molecular complexity index is 1500. The zero-order valence-electron chi connectivity index (χ0n) is 19.3. The van der Waals surface area contributed by atoms with Crippen LogP contribution in [-0.4, -0.2) is 26.7 Å². The Kier molecular flexibility index (Phi) is 6.34. The van der Waals surface area contributed by atoms with Gasteiger partial charge in [-0.25, -0.2) is 9.18 Å². The van der Waals surface area contributed by atoms with Crippen molar-refractivity contribution in [2.45, 2.75) is 33.4 Å². The zero-order valence-corrected chi connectivity index (χ0v) is 20.8. The Balaban J connectivity index is 1.98. The molecule has 0 aliphatic heterocycles. The molecule has 0 unspecified atom stereocenters. The Morgan fingerprint density at radius 3 is 2.43 bits per heavy atom. The maximum absolute atomic E-state index is 15.2. The molecule has 2 aromatic carbocycles. The lowest BCUT2D eigenvalue weighted by Crippen LogP contribution is -2.18. The van der Waals surface area contributed by atoms with Crippen LogP contribution in [0.5, 0.6) is 0 Å². The number of carbonyl (C=O) groups is 2. The molecule has 4 aromatic rings. The molecule has 0 aliphatic carbocycles. The summed E-state index contributed by atoms with van der Waals surface area (Å²) in [5.74, 6) is -1.94. The lowest BCUT2D eigenvalue weighted by atomic mass is 9.97. The van der Waals surface area contributed by atoms with E-state index in [0.29, 0.717) is 16.5 Å². The van der Waals surface area contributed by atoms with E-state index in [2.05, 4.69) is 5.16 Å². The van der Waals surface area contributed by atoms with Crippen LogP contribution >= 0.6 is 23.2 Å². The molecule has 0 aliphatic rings. The monoisotopic (exact) mass is 514 g/mol. The number of carbonyl (C=O) groups excluding carboxylic acids is 1. The SMILES string of the molecule is Cc1cc(Cl)c(-c2noc(C(C)(C)F)c2C(=O)n2cc(C)c3c(/C=C/C(=O)O)cccc32)c(Cl)c1. The van der Waals surface area contributed by atoms with Gasteiger partial charge >= 0.3 is 5.97 Å². The quantitative estimate of drug-likeness (QED) is 0.284. The van der Waals surface area contributed by atoms with Crippen LogP contribution in [0.25, 0.3) is 28.2 Å². The smallest absolute Gasteiger partial charge is 0.328 e. The highest BCUT2D eigenvalue weighted by Gasteiger charge is 2.36. The van der Waals surface area contributed by atoms with E-state index in [1.165, 1.54) is 24.5 Å². The van der Waals surface area contributed by atoms with Crippen molar-refractivity contribution in [1.29, 1.82) is 0 Å². The normalized spacial score (nSPS) is 12.1. The molecule has 0 radical (unpaired) electrons. The van der Waals surface area contributed by atoms with E-state index in [4.69, 9.17) is 32.8 Å². The van der Waals surface area contributed by atoms with Crippen LogP contribution in [0.2, 0.25) is 10.0 Å². The molecule has 180 valence electrons. The fourth-order valence-electron chi connectivity index (χ4n) is 4.10. The Hall–Kier alpha value is -3.42. The number of halogens is 3. The van der Waals surface area contributed by atoms with E-state index in [-0.39, 0.29) is 32.6 Å². The number of fused-ring (bicyclic) bond motifs is 1. The number of carboxylic acids is 1. The Morgan fingerprint density at radius 1 is 1.17 bits per heavy atom. The highest BCUT2D eigenvalue weighted by molar-refractivity contribution is 6.39. The number of hydrogen-bond acceptors (Lipinski definition) is 4. The predicted molar refractivity (Wildman–Crippen MR) is 134 cm³/mol. The molecule has 0 saturated heterocycles. The summed E-state index contributed by atoms with van der Waals surface area (Å²) >= 11 is 12.9. The van der Waals surface area contributed by atoms with Gasteiger partial charge in [0.15, 0.2) is 11.4 Å². The van der Waals surface area contributed by atoms with Gasteiger partial charge < -0.3 is 9.63 Å². The average molecular weight is 515 g/mol. The first-order valence-electron chi connectivity index (χ1n) is 10.6. The number of carboxylic acid groups (broad SMARTS) is 1. The Morgan fingerprint density at radius 2 is 1.83 bits per heavy atom. The first kappa shape index (κ1) is 24.7. The summed E-state index contributed by atoms with van der Waals surface area (Å²) in [6.07, 6.45) is 4.09. The second-order valence-corrected chi connectivity index (χ2v) is 9.53. The van der Waals surface area contributed by atoms with Crippen molar-refractivity contribution in [3.63, 3.8) is 0 Å². The number of benzene rings is 2. The molecular formula is C26H21Cl2FN2O4. The van der Waals surface area contributed by atoms with E-state index in [0.717, 1.165) is 17.2 Å². The summed E-state index contributed by atoms with van der Waals surface area (Å²) in [7, 11) is 0. The highest BCUT2D eigenvalue weighted by Crippen LogP contribution is 2.41. The minimum Gasteiger partial charge on any atom is -0.478 e. The second kappa shape index (κ2) is 8.98. The maximum Gasteiger partial charge on any atom is 0.328 e. The molecule has 9 heteroatoms. The van der Waals surface area contributed by atoms with E-state index in [1.54, 1.807) is 43.5 Å². The zero-order chi connectivity index (χ0) is 25.7. The third-order valence-electron chi connectivity index (χ3n) is 5.54. The molecule has 2 aromatic heterocycles. The molecule has 0 bridgehead atoms. The topological polar surface area (TPSA) is 85.3 Å². The number of aromatic nitrogens is 2. The molecular weight excluding hydrogens is 494 g/mol. The van der Waals surface area contributed by atoms with Gasteiger partial charge in [0.25, 0.3) is 5.91 Å². The third kappa shape index (κ3) is 4.49. The Labute approximate surface area is 210 Å². The summed E-state index contributed by atoms with van der Waals surface area (Å²) < 4.78 is 21.9. The fraction of sp³-hybridized carbons (Fsp3) is 0.192. The van der Waals surface area contributed by atoms with Crippen molar-refractivity contribution >= 4 is 52.1 Å². The largest absolute Gasteiger partial charge is 0.478 e. The van der Waals surface area contributed by atoms with Crippen LogP contribution in [0, 0.1) is 13.8 Å². The van der Waals surface area contributed by atoms with Crippen molar-refractivity contribution in [2.75, 3.05) is 0 Å². The molecule has 35 heavy (non-hydrogen) atoms. The predicted octanol–water partition coefficient (Wildman–Crippen LogP) is 7.21. The second-order valence-electron chi connectivity index (χ2n) is 8.71. The molecule has 0 amide bonds. The van der Waals surface area contributed by atoms with Crippen LogP contribution in [0.4, 0.5) is 4.39 Å². The van der Waals surface area contributed by atoms with Gasteiger partial charge in [-0.2, -0.15) is 0 Å². The van der Waals surface area contributed by atoms with Gasteiger partial charge in [0.2, 0.25) is 0 Å². The minimum absolute atomic E-state index is 0.0344. The van der Waals surface area contributed by atoms with Crippen LogP contribution in [-0.2, 0) is 10.5 Å². The number of hydrogen-bond donors (Lipinski definition) is 1. The summed E-state index contributed by atoms with van der Waals surface area (Å²) in [4.78, 5) is 25.0. The molecule has 0 spiro atoms. The van der Waals surface area contributed by atoms with E-state index >= 15 is 4.39 Å². The molecule has 2 heterocycles. The average Bonchev–Trinajstić information content (AvgIpc) is 3.33. The van der Waals surface area contributed by atoms with Crippen molar-refractivity contribution in [2.24, 2.45) is 0 Å². The van der Waals surface area contributed by atoms with Crippen molar-refractivity contribution in [1.82, 2.24) is 9.72 Å². The fourth-order valence-corrected chi connectivity index (χ4v) is 4.87. The molecule has 4 rings (SSSR count). The number of rotatable bonds is 5. The molecule has 1 N–H and O–H groups in total. The van der Waals surface area contributed by atoms with Gasteiger partial charge in [-0.3, -0.25) is 9.36 Å². The number of nitrogens with zero attached hydrogens (tertiary/aromatic N) is 2. The molecule has 0 atom stereocenters. The summed E-state index contributed by atoms with van der Waals surface area (Å²) in [5, 5.41) is 14.2. The minimum atomic E-state index is -2.03. The lowest BCUT2D eigenvalue weighted by molar-refractivity contribution is -0.131. The third-order valence-corrected chi connectivity index (χ3v) is 6.14. The summed E-state index contributed by atoms with van der Waals surface area (Å²) in [6.45, 7) is 6.14. The first-order valence-corrected chi connectivity index (χ1v) is 11.4. The number of alkyl halides is 1.